The van der Waals surface area contributed by atoms with Crippen molar-refractivity contribution in [1.29, 1.82) is 0 Å². The van der Waals surface area contributed by atoms with Crippen LogP contribution in [0.4, 0.5) is 0 Å². The maximum atomic E-state index is 11.4. The van der Waals surface area contributed by atoms with E-state index in [2.05, 4.69) is 13.8 Å². The molecule has 23 heavy (non-hydrogen) atoms. The highest BCUT2D eigenvalue weighted by atomic mass is 32.2. The summed E-state index contributed by atoms with van der Waals surface area (Å²) in [6.45, 7) is 4.24. The van der Waals surface area contributed by atoms with E-state index in [0.717, 1.165) is 64.2 Å². The quantitative estimate of drug-likeness (QED) is 0.300. The van der Waals surface area contributed by atoms with Crippen molar-refractivity contribution in [2.75, 3.05) is 0 Å². The van der Waals surface area contributed by atoms with Crippen LogP contribution in [0.3, 0.4) is 0 Å². The monoisotopic (exact) mass is 350 g/mol. The molecule has 0 aromatic carbocycles. The third-order valence-electron chi connectivity index (χ3n) is 4.51. The standard InChI is InChI=1S/C18H38O4S/c1-3-5-9-13-17(19)14-11-7-8-12-16-18(23(20,21)22)15-10-6-4-2/h17-19H,3-16H2,1-2H3,(H,20,21,22). The Morgan fingerprint density at radius 3 is 1.52 bits per heavy atom. The average Bonchev–Trinajstić information content (AvgIpc) is 2.48. The lowest BCUT2D eigenvalue weighted by Gasteiger charge is -2.14. The van der Waals surface area contributed by atoms with Gasteiger partial charge in [-0.1, -0.05) is 78.1 Å². The molecule has 0 bridgehead atoms. The lowest BCUT2D eigenvalue weighted by Crippen LogP contribution is -2.20. The highest BCUT2D eigenvalue weighted by Crippen LogP contribution is 2.18. The first-order valence-corrected chi connectivity index (χ1v) is 11.1. The molecule has 0 heterocycles. The van der Waals surface area contributed by atoms with Crippen LogP contribution in [0.15, 0.2) is 0 Å². The van der Waals surface area contributed by atoms with Crippen LogP contribution in [-0.4, -0.2) is 29.4 Å². The molecule has 0 rings (SSSR count). The van der Waals surface area contributed by atoms with Crippen LogP contribution in [-0.2, 0) is 10.1 Å². The second-order valence-electron chi connectivity index (χ2n) is 6.77. The molecule has 5 heteroatoms. The Morgan fingerprint density at radius 2 is 1.09 bits per heavy atom. The molecule has 0 aromatic heterocycles. The van der Waals surface area contributed by atoms with Crippen LogP contribution in [0.25, 0.3) is 0 Å². The van der Waals surface area contributed by atoms with E-state index in [1.54, 1.807) is 0 Å². The molecule has 140 valence electrons. The van der Waals surface area contributed by atoms with E-state index in [-0.39, 0.29) is 6.10 Å². The molecular formula is C18H38O4S. The molecule has 0 aromatic rings. The third kappa shape index (κ3) is 14.0. The molecule has 2 N–H and O–H groups in total. The Hall–Kier alpha value is -0.130. The minimum atomic E-state index is -3.90. The van der Waals surface area contributed by atoms with Crippen molar-refractivity contribution in [3.05, 3.63) is 0 Å². The van der Waals surface area contributed by atoms with Crippen molar-refractivity contribution >= 4 is 10.1 Å². The number of aliphatic hydroxyl groups is 1. The molecule has 2 unspecified atom stereocenters. The maximum Gasteiger partial charge on any atom is 0.267 e. The van der Waals surface area contributed by atoms with Gasteiger partial charge in [-0.2, -0.15) is 8.42 Å². The minimum absolute atomic E-state index is 0.179. The van der Waals surface area contributed by atoms with Gasteiger partial charge in [0, 0.05) is 0 Å². The van der Waals surface area contributed by atoms with Gasteiger partial charge in [-0.3, -0.25) is 4.55 Å². The average molecular weight is 351 g/mol. The number of hydrogen-bond donors (Lipinski definition) is 2. The van der Waals surface area contributed by atoms with Crippen molar-refractivity contribution < 1.29 is 18.1 Å². The van der Waals surface area contributed by atoms with E-state index in [1.807, 2.05) is 0 Å². The summed E-state index contributed by atoms with van der Waals surface area (Å²) in [5.41, 5.74) is 0. The first-order chi connectivity index (χ1) is 10.9. The maximum absolute atomic E-state index is 11.4. The SMILES string of the molecule is CCCCCC(O)CCCCCCC(CCCCC)S(=O)(=O)O. The van der Waals surface area contributed by atoms with Gasteiger partial charge in [0.1, 0.15) is 0 Å². The fourth-order valence-corrected chi connectivity index (χ4v) is 3.87. The molecular weight excluding hydrogens is 312 g/mol. The highest BCUT2D eigenvalue weighted by molar-refractivity contribution is 7.86. The highest BCUT2D eigenvalue weighted by Gasteiger charge is 2.21. The predicted octanol–water partition coefficient (Wildman–Crippen LogP) is 5.10. The van der Waals surface area contributed by atoms with Gasteiger partial charge in [0.2, 0.25) is 0 Å². The minimum Gasteiger partial charge on any atom is -0.393 e. The predicted molar refractivity (Wildman–Crippen MR) is 97.3 cm³/mol. The zero-order valence-electron chi connectivity index (χ0n) is 15.2. The van der Waals surface area contributed by atoms with Crippen molar-refractivity contribution in [1.82, 2.24) is 0 Å². The molecule has 4 nitrogen and oxygen atoms in total. The fraction of sp³-hybridized carbons (Fsp3) is 1.00. The van der Waals surface area contributed by atoms with E-state index in [1.165, 1.54) is 12.8 Å². The number of unbranched alkanes of at least 4 members (excludes halogenated alkanes) is 7. The van der Waals surface area contributed by atoms with Gasteiger partial charge in [0.25, 0.3) is 10.1 Å². The molecule has 0 spiro atoms. The summed E-state index contributed by atoms with van der Waals surface area (Å²) < 4.78 is 32.1. The number of hydrogen-bond acceptors (Lipinski definition) is 3. The summed E-state index contributed by atoms with van der Waals surface area (Å²) in [6.07, 6.45) is 12.9. The van der Waals surface area contributed by atoms with Crippen molar-refractivity contribution in [2.24, 2.45) is 0 Å². The molecule has 0 saturated carbocycles. The molecule has 0 aliphatic carbocycles. The summed E-state index contributed by atoms with van der Waals surface area (Å²) >= 11 is 0. The van der Waals surface area contributed by atoms with Crippen LogP contribution in [0.1, 0.15) is 104 Å². The van der Waals surface area contributed by atoms with Crippen molar-refractivity contribution in [3.8, 4) is 0 Å². The Labute approximate surface area is 143 Å². The zero-order valence-corrected chi connectivity index (χ0v) is 16.0. The van der Waals surface area contributed by atoms with Gasteiger partial charge in [0.05, 0.1) is 11.4 Å². The molecule has 0 saturated heterocycles. The van der Waals surface area contributed by atoms with Crippen LogP contribution >= 0.6 is 0 Å². The zero-order chi connectivity index (χ0) is 17.6. The molecule has 0 radical (unpaired) electrons. The topological polar surface area (TPSA) is 74.6 Å². The number of aliphatic hydroxyl groups excluding tert-OH is 1. The Bertz CT molecular complexity index is 354. The van der Waals surface area contributed by atoms with Gasteiger partial charge in [-0.05, 0) is 25.7 Å². The second-order valence-corrected chi connectivity index (χ2v) is 8.47. The summed E-state index contributed by atoms with van der Waals surface area (Å²) in [5, 5.41) is 9.25. The van der Waals surface area contributed by atoms with Gasteiger partial charge < -0.3 is 5.11 Å². The summed E-state index contributed by atoms with van der Waals surface area (Å²) in [4.78, 5) is 0. The molecule has 0 amide bonds. The van der Waals surface area contributed by atoms with Crippen LogP contribution in [0.2, 0.25) is 0 Å². The van der Waals surface area contributed by atoms with E-state index < -0.39 is 15.4 Å². The van der Waals surface area contributed by atoms with Crippen molar-refractivity contribution in [2.45, 2.75) is 115 Å². The van der Waals surface area contributed by atoms with Gasteiger partial charge >= 0.3 is 0 Å². The lowest BCUT2D eigenvalue weighted by atomic mass is 10.0. The summed E-state index contributed by atoms with van der Waals surface area (Å²) in [6, 6.07) is 0. The Morgan fingerprint density at radius 1 is 0.696 bits per heavy atom. The summed E-state index contributed by atoms with van der Waals surface area (Å²) in [5.74, 6) is 0. The van der Waals surface area contributed by atoms with E-state index >= 15 is 0 Å². The second kappa shape index (κ2) is 14.2. The van der Waals surface area contributed by atoms with E-state index in [4.69, 9.17) is 0 Å². The third-order valence-corrected chi connectivity index (χ3v) is 5.82. The van der Waals surface area contributed by atoms with Gasteiger partial charge in [0.15, 0.2) is 0 Å². The normalized spacial score (nSPS) is 14.8. The van der Waals surface area contributed by atoms with Gasteiger partial charge in [-0.25, -0.2) is 0 Å². The first kappa shape index (κ1) is 22.9. The van der Waals surface area contributed by atoms with Crippen LogP contribution < -0.4 is 0 Å². The van der Waals surface area contributed by atoms with Crippen molar-refractivity contribution in [3.63, 3.8) is 0 Å². The lowest BCUT2D eigenvalue weighted by molar-refractivity contribution is 0.147. The molecule has 0 aliphatic rings. The molecule has 0 fully saturated rings. The Balaban J connectivity index is 3.73. The van der Waals surface area contributed by atoms with E-state index in [9.17, 15) is 18.1 Å². The van der Waals surface area contributed by atoms with E-state index in [0.29, 0.717) is 12.8 Å². The Kier molecular flexibility index (Phi) is 14.2. The molecule has 2 atom stereocenters. The van der Waals surface area contributed by atoms with Crippen LogP contribution in [0.5, 0.6) is 0 Å². The van der Waals surface area contributed by atoms with Crippen LogP contribution in [0, 0.1) is 0 Å². The van der Waals surface area contributed by atoms with Gasteiger partial charge in [-0.15, -0.1) is 0 Å². The summed E-state index contributed by atoms with van der Waals surface area (Å²) in [7, 11) is -3.90. The fourth-order valence-electron chi connectivity index (χ4n) is 2.94. The largest absolute Gasteiger partial charge is 0.393 e. The number of rotatable bonds is 16. The molecule has 0 aliphatic heterocycles. The smallest absolute Gasteiger partial charge is 0.267 e. The first-order valence-electron chi connectivity index (χ1n) is 9.56.